The maximum Gasteiger partial charge on any atom is 0.202 e. The van der Waals surface area contributed by atoms with Crippen molar-refractivity contribution in [2.45, 2.75) is 20.0 Å². The molecule has 0 aliphatic carbocycles. The Morgan fingerprint density at radius 1 is 1.16 bits per heavy atom. The molecular weight excluding hydrogens is 260 g/mol. The van der Waals surface area contributed by atoms with Gasteiger partial charge >= 0.3 is 0 Å². The molecule has 1 unspecified atom stereocenters. The molecule has 0 saturated carbocycles. The van der Waals surface area contributed by atoms with Crippen molar-refractivity contribution in [2.75, 3.05) is 0 Å². The van der Waals surface area contributed by atoms with Crippen molar-refractivity contribution < 1.29 is 9.53 Å². The molecule has 0 amide bonds. The van der Waals surface area contributed by atoms with E-state index in [-0.39, 0.29) is 5.78 Å². The van der Waals surface area contributed by atoms with Gasteiger partial charge in [0.1, 0.15) is 5.75 Å². The van der Waals surface area contributed by atoms with E-state index >= 15 is 0 Å². The average molecular weight is 275 g/mol. The number of aryl methyl sites for hydroxylation is 1. The SMILES string of the molecule is Cc1ccc(Cl)c(OC(C)C(=O)c2ccccc2)c1. The number of carbonyl (C=O) groups is 1. The molecule has 0 heterocycles. The van der Waals surface area contributed by atoms with Gasteiger partial charge in [0.25, 0.3) is 0 Å². The van der Waals surface area contributed by atoms with Gasteiger partial charge in [-0.15, -0.1) is 0 Å². The molecule has 1 atom stereocenters. The van der Waals surface area contributed by atoms with Gasteiger partial charge in [0.05, 0.1) is 5.02 Å². The molecule has 0 bridgehead atoms. The van der Waals surface area contributed by atoms with E-state index < -0.39 is 6.10 Å². The topological polar surface area (TPSA) is 26.3 Å². The number of ether oxygens (including phenoxy) is 1. The lowest BCUT2D eigenvalue weighted by molar-refractivity contribution is 0.0818. The Morgan fingerprint density at radius 2 is 1.84 bits per heavy atom. The summed E-state index contributed by atoms with van der Waals surface area (Å²) in [6.07, 6.45) is -0.568. The molecule has 2 aromatic carbocycles. The summed E-state index contributed by atoms with van der Waals surface area (Å²) in [4.78, 5) is 12.2. The van der Waals surface area contributed by atoms with Crippen molar-refractivity contribution in [3.63, 3.8) is 0 Å². The van der Waals surface area contributed by atoms with Crippen LogP contribution in [-0.2, 0) is 0 Å². The molecule has 0 spiro atoms. The van der Waals surface area contributed by atoms with Gasteiger partial charge in [-0.2, -0.15) is 0 Å². The fraction of sp³-hybridized carbons (Fsp3) is 0.188. The largest absolute Gasteiger partial charge is 0.481 e. The Balaban J connectivity index is 2.15. The van der Waals surface area contributed by atoms with E-state index in [9.17, 15) is 4.79 Å². The van der Waals surface area contributed by atoms with Crippen LogP contribution in [0.2, 0.25) is 5.02 Å². The third-order valence-corrected chi connectivity index (χ3v) is 3.13. The van der Waals surface area contributed by atoms with Crippen molar-refractivity contribution in [3.05, 3.63) is 64.7 Å². The zero-order chi connectivity index (χ0) is 13.8. The van der Waals surface area contributed by atoms with E-state index in [2.05, 4.69) is 0 Å². The molecule has 0 aliphatic rings. The summed E-state index contributed by atoms with van der Waals surface area (Å²) >= 11 is 6.05. The molecule has 2 nitrogen and oxygen atoms in total. The number of halogens is 1. The van der Waals surface area contributed by atoms with Crippen molar-refractivity contribution in [1.29, 1.82) is 0 Å². The van der Waals surface area contributed by atoms with Crippen molar-refractivity contribution in [3.8, 4) is 5.75 Å². The van der Waals surface area contributed by atoms with Crippen LogP contribution in [0, 0.1) is 6.92 Å². The fourth-order valence-corrected chi connectivity index (χ4v) is 1.94. The van der Waals surface area contributed by atoms with Crippen LogP contribution < -0.4 is 4.74 Å². The minimum absolute atomic E-state index is 0.0572. The number of benzene rings is 2. The minimum Gasteiger partial charge on any atom is -0.481 e. The van der Waals surface area contributed by atoms with Gasteiger partial charge in [0, 0.05) is 5.56 Å². The smallest absolute Gasteiger partial charge is 0.202 e. The Bertz CT molecular complexity index is 579. The van der Waals surface area contributed by atoms with Crippen LogP contribution in [0.4, 0.5) is 0 Å². The highest BCUT2D eigenvalue weighted by Crippen LogP contribution is 2.26. The summed E-state index contributed by atoms with van der Waals surface area (Å²) in [5.74, 6) is 0.483. The zero-order valence-corrected chi connectivity index (χ0v) is 11.6. The number of ketones is 1. The van der Waals surface area contributed by atoms with E-state index in [0.717, 1.165) is 5.56 Å². The van der Waals surface area contributed by atoms with Crippen LogP contribution in [0.5, 0.6) is 5.75 Å². The standard InChI is InChI=1S/C16H15ClO2/c1-11-8-9-14(17)15(10-11)19-12(2)16(18)13-6-4-3-5-7-13/h3-10,12H,1-2H3. The van der Waals surface area contributed by atoms with E-state index in [1.54, 1.807) is 25.1 Å². The monoisotopic (exact) mass is 274 g/mol. The summed E-state index contributed by atoms with van der Waals surface area (Å²) < 4.78 is 5.66. The van der Waals surface area contributed by atoms with Crippen LogP contribution in [0.15, 0.2) is 48.5 Å². The zero-order valence-electron chi connectivity index (χ0n) is 10.9. The fourth-order valence-electron chi connectivity index (χ4n) is 1.78. The minimum atomic E-state index is -0.568. The molecule has 0 saturated heterocycles. The van der Waals surface area contributed by atoms with E-state index in [4.69, 9.17) is 16.3 Å². The molecule has 3 heteroatoms. The van der Waals surface area contributed by atoms with Crippen LogP contribution in [-0.4, -0.2) is 11.9 Å². The van der Waals surface area contributed by atoms with Gasteiger partial charge in [-0.25, -0.2) is 0 Å². The highest BCUT2D eigenvalue weighted by Gasteiger charge is 2.17. The molecular formula is C16H15ClO2. The maximum absolute atomic E-state index is 12.2. The summed E-state index contributed by atoms with van der Waals surface area (Å²) in [6, 6.07) is 14.6. The molecule has 98 valence electrons. The van der Waals surface area contributed by atoms with Crippen molar-refractivity contribution >= 4 is 17.4 Å². The first-order valence-electron chi connectivity index (χ1n) is 6.10. The normalized spacial score (nSPS) is 11.9. The predicted octanol–water partition coefficient (Wildman–Crippen LogP) is 4.30. The molecule has 0 aromatic heterocycles. The number of hydrogen-bond donors (Lipinski definition) is 0. The Morgan fingerprint density at radius 3 is 2.53 bits per heavy atom. The van der Waals surface area contributed by atoms with Gasteiger partial charge in [0.2, 0.25) is 5.78 Å². The van der Waals surface area contributed by atoms with E-state index in [0.29, 0.717) is 16.3 Å². The van der Waals surface area contributed by atoms with Gasteiger partial charge in [0.15, 0.2) is 6.10 Å². The van der Waals surface area contributed by atoms with Crippen molar-refractivity contribution in [2.24, 2.45) is 0 Å². The molecule has 0 N–H and O–H groups in total. The Kier molecular flexibility index (Phi) is 4.23. The van der Waals surface area contributed by atoms with Crippen molar-refractivity contribution in [1.82, 2.24) is 0 Å². The van der Waals surface area contributed by atoms with Gasteiger partial charge < -0.3 is 4.74 Å². The Hall–Kier alpha value is -1.80. The maximum atomic E-state index is 12.2. The molecule has 0 fully saturated rings. The van der Waals surface area contributed by atoms with E-state index in [1.807, 2.05) is 37.3 Å². The van der Waals surface area contributed by atoms with Crippen LogP contribution in [0.3, 0.4) is 0 Å². The summed E-state index contributed by atoms with van der Waals surface area (Å²) in [7, 11) is 0. The predicted molar refractivity (Wildman–Crippen MR) is 77.1 cm³/mol. The third-order valence-electron chi connectivity index (χ3n) is 2.82. The lowest BCUT2D eigenvalue weighted by Gasteiger charge is -2.15. The number of hydrogen-bond acceptors (Lipinski definition) is 2. The molecule has 2 rings (SSSR count). The summed E-state index contributed by atoms with van der Waals surface area (Å²) in [6.45, 7) is 3.68. The van der Waals surface area contributed by atoms with Crippen LogP contribution >= 0.6 is 11.6 Å². The highest BCUT2D eigenvalue weighted by atomic mass is 35.5. The quantitative estimate of drug-likeness (QED) is 0.777. The van der Waals surface area contributed by atoms with Gasteiger partial charge in [-0.05, 0) is 31.5 Å². The number of rotatable bonds is 4. The number of carbonyl (C=O) groups excluding carboxylic acids is 1. The van der Waals surface area contributed by atoms with Crippen LogP contribution in [0.25, 0.3) is 0 Å². The summed E-state index contributed by atoms with van der Waals surface area (Å²) in [5.41, 5.74) is 1.68. The summed E-state index contributed by atoms with van der Waals surface area (Å²) in [5, 5.41) is 0.512. The Labute approximate surface area is 118 Å². The average Bonchev–Trinajstić information content (AvgIpc) is 2.43. The lowest BCUT2D eigenvalue weighted by Crippen LogP contribution is -2.24. The first kappa shape index (κ1) is 13.6. The van der Waals surface area contributed by atoms with Gasteiger partial charge in [-0.1, -0.05) is 48.0 Å². The molecule has 0 radical (unpaired) electrons. The van der Waals surface area contributed by atoms with E-state index in [1.165, 1.54) is 0 Å². The lowest BCUT2D eigenvalue weighted by atomic mass is 10.1. The second kappa shape index (κ2) is 5.89. The van der Waals surface area contributed by atoms with Crippen LogP contribution in [0.1, 0.15) is 22.8 Å². The second-order valence-corrected chi connectivity index (χ2v) is 4.83. The molecule has 19 heavy (non-hydrogen) atoms. The first-order valence-corrected chi connectivity index (χ1v) is 6.48. The van der Waals surface area contributed by atoms with Gasteiger partial charge in [-0.3, -0.25) is 4.79 Å². The first-order chi connectivity index (χ1) is 9.08. The highest BCUT2D eigenvalue weighted by molar-refractivity contribution is 6.32. The number of Topliss-reactive ketones (excluding diaryl/α,β-unsaturated/α-hetero) is 1. The third kappa shape index (κ3) is 3.36. The molecule has 2 aromatic rings. The second-order valence-electron chi connectivity index (χ2n) is 4.42. The molecule has 0 aliphatic heterocycles.